The van der Waals surface area contributed by atoms with Gasteiger partial charge in [-0.3, -0.25) is 4.79 Å². The quantitative estimate of drug-likeness (QED) is 0.503. The highest BCUT2D eigenvalue weighted by Gasteiger charge is 2.10. The van der Waals surface area contributed by atoms with E-state index in [2.05, 4.69) is 34.6 Å². The second kappa shape index (κ2) is 4.04. The van der Waals surface area contributed by atoms with Crippen molar-refractivity contribution >= 4 is 56.3 Å². The van der Waals surface area contributed by atoms with E-state index >= 15 is 0 Å². The van der Waals surface area contributed by atoms with Crippen LogP contribution in [0.5, 0.6) is 0 Å². The number of carbonyl (C=O) groups is 1. The first-order valence-electron chi connectivity index (χ1n) is 4.02. The average molecular weight is 287 g/mol. The lowest BCUT2D eigenvalue weighted by Gasteiger charge is -1.96. The minimum absolute atomic E-state index is 0.705. The maximum Gasteiger partial charge on any atom is 0.152 e. The Labute approximate surface area is 99.7 Å². The highest BCUT2D eigenvalue weighted by atomic mass is 79.9. The highest BCUT2D eigenvalue weighted by Crippen LogP contribution is 2.35. The van der Waals surface area contributed by atoms with E-state index in [0.29, 0.717) is 5.56 Å². The molecule has 0 radical (unpaired) electrons. The second-order valence-corrected chi connectivity index (χ2v) is 5.20. The first kappa shape index (κ1) is 10.2. The maximum atomic E-state index is 10.8. The summed E-state index contributed by atoms with van der Waals surface area (Å²) >= 11 is 9.28. The average Bonchev–Trinajstić information content (AvgIpc) is 2.52. The molecule has 1 nitrogen and oxygen atoms in total. The number of carbonyl (C=O) groups excluding carboxylic acids is 1. The standard InChI is InChI=1S/C10H7BrOS2/c11-4-6-2-1-3-7-8(5-12)10(13)14-9(6)7/h1-3,5,13H,4H2. The van der Waals surface area contributed by atoms with Gasteiger partial charge in [-0.1, -0.05) is 34.1 Å². The van der Waals surface area contributed by atoms with Crippen LogP contribution < -0.4 is 0 Å². The van der Waals surface area contributed by atoms with E-state index in [4.69, 9.17) is 0 Å². The van der Waals surface area contributed by atoms with Gasteiger partial charge >= 0.3 is 0 Å². The third-order valence-corrected chi connectivity index (χ3v) is 4.30. The van der Waals surface area contributed by atoms with E-state index in [-0.39, 0.29) is 0 Å². The number of alkyl halides is 1. The van der Waals surface area contributed by atoms with Crippen LogP contribution in [0, 0.1) is 0 Å². The summed E-state index contributed by atoms with van der Waals surface area (Å²) in [5, 5.41) is 1.81. The van der Waals surface area contributed by atoms with E-state index < -0.39 is 0 Å². The summed E-state index contributed by atoms with van der Waals surface area (Å²) in [7, 11) is 0. The van der Waals surface area contributed by atoms with Gasteiger partial charge in [-0.15, -0.1) is 24.0 Å². The van der Waals surface area contributed by atoms with E-state index in [1.165, 1.54) is 5.56 Å². The van der Waals surface area contributed by atoms with E-state index in [1.54, 1.807) is 11.3 Å². The predicted octanol–water partition coefficient (Wildman–Crippen LogP) is 3.90. The molecule has 0 atom stereocenters. The Morgan fingerprint density at radius 2 is 2.29 bits per heavy atom. The molecule has 2 rings (SSSR count). The monoisotopic (exact) mass is 286 g/mol. The van der Waals surface area contributed by atoms with Crippen LogP contribution in [0.4, 0.5) is 0 Å². The number of thiophene rings is 1. The summed E-state index contributed by atoms with van der Waals surface area (Å²) in [4.78, 5) is 10.8. The van der Waals surface area contributed by atoms with E-state index in [1.807, 2.05) is 12.1 Å². The molecule has 0 bridgehead atoms. The van der Waals surface area contributed by atoms with Gasteiger partial charge in [-0.2, -0.15) is 0 Å². The van der Waals surface area contributed by atoms with Crippen molar-refractivity contribution in [2.75, 3.05) is 0 Å². The smallest absolute Gasteiger partial charge is 0.152 e. The van der Waals surface area contributed by atoms with Crippen LogP contribution in [0.3, 0.4) is 0 Å². The molecule has 14 heavy (non-hydrogen) atoms. The summed E-state index contributed by atoms with van der Waals surface area (Å²) in [5.41, 5.74) is 1.91. The zero-order valence-corrected chi connectivity index (χ0v) is 10.5. The Hall–Kier alpha value is -0.320. The number of halogens is 1. The van der Waals surface area contributed by atoms with Crippen molar-refractivity contribution in [3.63, 3.8) is 0 Å². The lowest BCUT2D eigenvalue weighted by molar-refractivity contribution is 0.112. The van der Waals surface area contributed by atoms with Crippen LogP contribution in [0.2, 0.25) is 0 Å². The molecule has 0 aliphatic heterocycles. The van der Waals surface area contributed by atoms with E-state index in [0.717, 1.165) is 25.9 Å². The molecule has 4 heteroatoms. The van der Waals surface area contributed by atoms with Crippen molar-refractivity contribution in [3.05, 3.63) is 29.3 Å². The summed E-state index contributed by atoms with van der Waals surface area (Å²) in [6.45, 7) is 0. The van der Waals surface area contributed by atoms with E-state index in [9.17, 15) is 4.79 Å². The van der Waals surface area contributed by atoms with Gasteiger partial charge in [0.2, 0.25) is 0 Å². The van der Waals surface area contributed by atoms with Crippen LogP contribution in [-0.4, -0.2) is 6.29 Å². The summed E-state index contributed by atoms with van der Waals surface area (Å²) in [6, 6.07) is 5.97. The fraction of sp³-hybridized carbons (Fsp3) is 0.100. The molecule has 0 unspecified atom stereocenters. The maximum absolute atomic E-state index is 10.8. The van der Waals surface area contributed by atoms with Gasteiger partial charge in [0.25, 0.3) is 0 Å². The number of aldehydes is 1. The molecule has 1 aromatic carbocycles. The number of rotatable bonds is 2. The molecule has 0 saturated carbocycles. The fourth-order valence-corrected chi connectivity index (χ4v) is 3.52. The van der Waals surface area contributed by atoms with Gasteiger partial charge in [0, 0.05) is 21.0 Å². The van der Waals surface area contributed by atoms with Crippen LogP contribution in [0.1, 0.15) is 15.9 Å². The van der Waals surface area contributed by atoms with Crippen LogP contribution in [0.15, 0.2) is 22.4 Å². The molecule has 0 fully saturated rings. The van der Waals surface area contributed by atoms with Gasteiger partial charge in [0.05, 0.1) is 4.21 Å². The molecule has 0 spiro atoms. The molecule has 72 valence electrons. The summed E-state index contributed by atoms with van der Waals surface area (Å²) < 4.78 is 1.94. The molecular formula is C10H7BrOS2. The zero-order valence-electron chi connectivity index (χ0n) is 7.16. The van der Waals surface area contributed by atoms with Crippen molar-refractivity contribution in [2.45, 2.75) is 9.54 Å². The molecule has 1 aromatic heterocycles. The lowest BCUT2D eigenvalue weighted by Crippen LogP contribution is -1.79. The molecule has 0 N–H and O–H groups in total. The topological polar surface area (TPSA) is 17.1 Å². The predicted molar refractivity (Wildman–Crippen MR) is 67.1 cm³/mol. The van der Waals surface area contributed by atoms with Crippen molar-refractivity contribution < 1.29 is 4.79 Å². The van der Waals surface area contributed by atoms with Crippen LogP contribution >= 0.6 is 39.9 Å². The summed E-state index contributed by atoms with van der Waals surface area (Å²) in [5.74, 6) is 0. The van der Waals surface area contributed by atoms with Crippen molar-refractivity contribution in [3.8, 4) is 0 Å². The number of hydrogen-bond donors (Lipinski definition) is 1. The third-order valence-electron chi connectivity index (χ3n) is 2.08. The Kier molecular flexibility index (Phi) is 2.95. The molecule has 0 aliphatic rings. The number of thiol groups is 1. The lowest BCUT2D eigenvalue weighted by atomic mass is 10.1. The van der Waals surface area contributed by atoms with Gasteiger partial charge in [-0.25, -0.2) is 0 Å². The Morgan fingerprint density at radius 1 is 1.50 bits per heavy atom. The van der Waals surface area contributed by atoms with Crippen molar-refractivity contribution in [2.24, 2.45) is 0 Å². The molecule has 0 amide bonds. The van der Waals surface area contributed by atoms with Gasteiger partial charge in [0.1, 0.15) is 0 Å². The minimum Gasteiger partial charge on any atom is -0.298 e. The Balaban J connectivity index is 2.85. The molecule has 2 aromatic rings. The number of hydrogen-bond acceptors (Lipinski definition) is 3. The van der Waals surface area contributed by atoms with Crippen LogP contribution in [0.25, 0.3) is 10.1 Å². The highest BCUT2D eigenvalue weighted by molar-refractivity contribution is 9.08. The fourth-order valence-electron chi connectivity index (χ4n) is 1.40. The molecule has 0 aliphatic carbocycles. The number of fused-ring (bicyclic) bond motifs is 1. The minimum atomic E-state index is 0.705. The summed E-state index contributed by atoms with van der Waals surface area (Å²) in [6.07, 6.45) is 0.874. The molecule has 0 saturated heterocycles. The van der Waals surface area contributed by atoms with Gasteiger partial charge in [0.15, 0.2) is 6.29 Å². The van der Waals surface area contributed by atoms with Crippen LogP contribution in [-0.2, 0) is 5.33 Å². The SMILES string of the molecule is O=Cc1c(S)sc2c(CBr)cccc12. The molecular weight excluding hydrogens is 280 g/mol. The zero-order chi connectivity index (χ0) is 10.1. The first-order valence-corrected chi connectivity index (χ1v) is 6.41. The Bertz CT molecular complexity index is 490. The largest absolute Gasteiger partial charge is 0.298 e. The second-order valence-electron chi connectivity index (χ2n) is 2.87. The van der Waals surface area contributed by atoms with Gasteiger partial charge < -0.3 is 0 Å². The van der Waals surface area contributed by atoms with Crippen molar-refractivity contribution in [1.82, 2.24) is 0 Å². The Morgan fingerprint density at radius 3 is 2.93 bits per heavy atom. The number of benzene rings is 1. The molecule has 1 heterocycles. The van der Waals surface area contributed by atoms with Crippen molar-refractivity contribution in [1.29, 1.82) is 0 Å². The van der Waals surface area contributed by atoms with Gasteiger partial charge in [-0.05, 0) is 5.56 Å². The normalized spacial score (nSPS) is 10.7. The third kappa shape index (κ3) is 1.51. The first-order chi connectivity index (χ1) is 6.77.